The van der Waals surface area contributed by atoms with Crippen LogP contribution in [0.15, 0.2) is 109 Å². The number of unbranched alkanes of at least 4 members (excludes halogenated alkanes) is 1. The second kappa shape index (κ2) is 37.7. The van der Waals surface area contributed by atoms with Crippen molar-refractivity contribution in [1.82, 2.24) is 37.2 Å². The van der Waals surface area contributed by atoms with Gasteiger partial charge in [0.1, 0.15) is 24.2 Å². The highest BCUT2D eigenvalue weighted by Crippen LogP contribution is 2.18. The van der Waals surface area contributed by atoms with Crippen LogP contribution >= 0.6 is 33.2 Å². The lowest BCUT2D eigenvalue weighted by molar-refractivity contribution is -0.133. The number of hydrogen-bond donors (Lipinski definition) is 11. The number of aliphatic hydroxyl groups is 1. The summed E-state index contributed by atoms with van der Waals surface area (Å²) in [4.78, 5) is 114. The highest BCUT2D eigenvalue weighted by molar-refractivity contribution is 8.76. The molecule has 0 aliphatic heterocycles. The summed E-state index contributed by atoms with van der Waals surface area (Å²) in [5, 5.41) is 26.1. The molecule has 0 aliphatic carbocycles. The molecule has 0 radical (unpaired) electrons. The van der Waals surface area contributed by atoms with Gasteiger partial charge in [0, 0.05) is 42.2 Å². The van der Waals surface area contributed by atoms with Crippen molar-refractivity contribution < 1.29 is 48.3 Å². The molecule has 23 heteroatoms. The lowest BCUT2D eigenvalue weighted by atomic mass is 10.0. The van der Waals surface area contributed by atoms with Gasteiger partial charge in [0.05, 0.1) is 19.6 Å². The number of nitrogens with one attached hydrogen (secondary N) is 7. The molecule has 0 spiro atoms. The lowest BCUT2D eigenvalue weighted by Crippen LogP contribution is -2.56. The molecule has 0 aliphatic rings. The number of benzene rings is 4. The van der Waals surface area contributed by atoms with E-state index in [0.29, 0.717) is 36.4 Å². The summed E-state index contributed by atoms with van der Waals surface area (Å²) in [7, 11) is 2.78. The molecule has 76 heavy (non-hydrogen) atoms. The molecule has 412 valence electrons. The molecule has 4 aromatic carbocycles. The van der Waals surface area contributed by atoms with Gasteiger partial charge >= 0.3 is 0 Å². The van der Waals surface area contributed by atoms with E-state index in [2.05, 4.69) is 37.2 Å². The number of halogens is 1. The average molecular weight is 1110 g/mol. The number of aliphatic hydroxyl groups excluding tert-OH is 1. The fourth-order valence-electron chi connectivity index (χ4n) is 6.69. The van der Waals surface area contributed by atoms with E-state index >= 15 is 0 Å². The van der Waals surface area contributed by atoms with Crippen LogP contribution in [0.5, 0.6) is 0 Å². The van der Waals surface area contributed by atoms with E-state index in [1.807, 2.05) is 37.4 Å². The van der Waals surface area contributed by atoms with Gasteiger partial charge in [0.25, 0.3) is 0 Å². The van der Waals surface area contributed by atoms with Gasteiger partial charge in [-0.2, -0.15) is 0 Å². The van der Waals surface area contributed by atoms with Gasteiger partial charge in [0.2, 0.25) is 53.2 Å². The van der Waals surface area contributed by atoms with Crippen LogP contribution < -0.4 is 54.4 Å². The summed E-state index contributed by atoms with van der Waals surface area (Å²) < 4.78 is 0. The van der Waals surface area contributed by atoms with E-state index in [-0.39, 0.29) is 49.9 Å². The first-order valence-corrected chi connectivity index (χ1v) is 27.4. The third kappa shape index (κ3) is 28.1. The summed E-state index contributed by atoms with van der Waals surface area (Å²) in [5.41, 5.74) is 20.2. The van der Waals surface area contributed by atoms with Gasteiger partial charge < -0.3 is 59.5 Å². The third-order valence-electron chi connectivity index (χ3n) is 10.7. The van der Waals surface area contributed by atoms with Crippen molar-refractivity contribution in [3.8, 4) is 0 Å². The van der Waals surface area contributed by atoms with Crippen LogP contribution in [-0.2, 0) is 57.6 Å². The number of amides is 9. The molecule has 0 fully saturated rings. The number of carbonyl (C=O) groups is 9. The van der Waals surface area contributed by atoms with Crippen molar-refractivity contribution >= 4 is 86.4 Å². The third-order valence-corrected chi connectivity index (χ3v) is 12.7. The molecule has 4 aromatic rings. The second-order valence-electron chi connectivity index (χ2n) is 16.8. The Morgan fingerprint density at radius 3 is 1.61 bits per heavy atom. The van der Waals surface area contributed by atoms with Crippen LogP contribution in [0, 0.1) is 6.92 Å². The Balaban J connectivity index is 0.00000133. The van der Waals surface area contributed by atoms with Gasteiger partial charge in [-0.15, -0.1) is 0 Å². The maximum absolute atomic E-state index is 13.7. The van der Waals surface area contributed by atoms with Crippen LogP contribution in [0.1, 0.15) is 65.2 Å². The van der Waals surface area contributed by atoms with Crippen molar-refractivity contribution in [1.29, 1.82) is 0 Å². The smallest absolute Gasteiger partial charge is 0.248 e. The van der Waals surface area contributed by atoms with E-state index in [0.717, 1.165) is 22.3 Å². The molecular formula is C53H71ClN10O10S2. The minimum Gasteiger partial charge on any atom is -0.397 e. The number of nitrogens with two attached hydrogens (primary N) is 3. The molecule has 0 saturated carbocycles. The maximum atomic E-state index is 13.7. The van der Waals surface area contributed by atoms with Gasteiger partial charge in [-0.1, -0.05) is 124 Å². The molecule has 20 nitrogen and oxygen atoms in total. The fourth-order valence-corrected chi connectivity index (χ4v) is 8.14. The van der Waals surface area contributed by atoms with Crippen LogP contribution in [0.3, 0.4) is 0 Å². The summed E-state index contributed by atoms with van der Waals surface area (Å²) in [6.07, 6.45) is 3.77. The molecule has 14 N–H and O–H groups in total. The first-order valence-electron chi connectivity index (χ1n) is 24.3. The first-order chi connectivity index (χ1) is 36.4. The van der Waals surface area contributed by atoms with Gasteiger partial charge in [-0.3, -0.25) is 43.2 Å². The van der Waals surface area contributed by atoms with E-state index in [1.165, 1.54) is 21.6 Å². The first kappa shape index (κ1) is 65.1. The zero-order valence-electron chi connectivity index (χ0n) is 42.9. The van der Waals surface area contributed by atoms with Crippen LogP contribution in [0.2, 0.25) is 5.02 Å². The van der Waals surface area contributed by atoms with Crippen molar-refractivity contribution in [2.24, 2.45) is 17.2 Å². The molecule has 0 saturated heterocycles. The molecule has 9 amide bonds. The Morgan fingerprint density at radius 2 is 1.08 bits per heavy atom. The zero-order valence-corrected chi connectivity index (χ0v) is 45.3. The molecule has 4 rings (SSSR count). The molecule has 3 unspecified atom stereocenters. The molecular weight excluding hydrogens is 1040 g/mol. The van der Waals surface area contributed by atoms with Gasteiger partial charge in [-0.25, -0.2) is 0 Å². The Labute approximate surface area is 456 Å². The molecule has 0 bridgehead atoms. The van der Waals surface area contributed by atoms with Crippen LogP contribution in [0.4, 0.5) is 0 Å². The maximum Gasteiger partial charge on any atom is 0.248 e. The van der Waals surface area contributed by atoms with Crippen molar-refractivity contribution in [2.45, 2.75) is 83.0 Å². The summed E-state index contributed by atoms with van der Waals surface area (Å²) in [6, 6.07) is 27.9. The van der Waals surface area contributed by atoms with E-state index in [1.54, 1.807) is 91.9 Å². The standard InChI is InChI=1S/C43H56ClN9O8S2.C8H9NO.C2H6O/c1-62-63-27-35(52-36(54)20-17-28-15-18-31(44)19-16-28)43(61)53-34(23-30-12-6-3-7-13-30)42(60)49-26-39(57)50-32(14-8-9-21-45)41(59)48-24-37(55)47-25-38(56)51-33(40(46)58)22-29-10-4-2-5-11-29;1-6-2-4-7(5-3-6)8(9)10;1-2-3/h2-7,10-13,15-16,18-19,32-35H,8-9,14,17,20-27,45H2,1H3,(H2,46,58)(H,47,55)(H,48,59)(H,49,60)(H,50,57)(H,51,56)(H,52,54)(H,53,61);2-5H,1H3,(H2,9,10);3H,2H2,1H3/t32?,33?,34-,35?;;/m0../s1. The number of aryl methyl sites for hydroxylation is 2. The summed E-state index contributed by atoms with van der Waals surface area (Å²) in [5.74, 6) is -5.32. The van der Waals surface area contributed by atoms with E-state index in [4.69, 9.17) is 33.9 Å². The van der Waals surface area contributed by atoms with Crippen molar-refractivity contribution in [3.05, 3.63) is 142 Å². The van der Waals surface area contributed by atoms with Crippen molar-refractivity contribution in [2.75, 3.05) is 44.8 Å². The Kier molecular flexibility index (Phi) is 32.3. The fraction of sp³-hybridized carbons (Fsp3) is 0.377. The Morgan fingerprint density at radius 1 is 0.579 bits per heavy atom. The van der Waals surface area contributed by atoms with E-state index < -0.39 is 85.2 Å². The topological polar surface area (TPSA) is 336 Å². The Hall–Kier alpha value is -6.98. The normalized spacial score (nSPS) is 11.9. The number of primary amides is 2. The minimum atomic E-state index is -1.14. The molecule has 0 heterocycles. The molecule has 0 aromatic heterocycles. The zero-order chi connectivity index (χ0) is 56.3. The quantitative estimate of drug-likeness (QED) is 0.0273. The number of rotatable bonds is 29. The average Bonchev–Trinajstić information content (AvgIpc) is 3.40. The predicted molar refractivity (Wildman–Crippen MR) is 297 cm³/mol. The lowest BCUT2D eigenvalue weighted by Gasteiger charge is -2.23. The van der Waals surface area contributed by atoms with E-state index in [9.17, 15) is 43.2 Å². The predicted octanol–water partition coefficient (Wildman–Crippen LogP) is 1.76. The summed E-state index contributed by atoms with van der Waals surface area (Å²) in [6.45, 7) is 2.65. The number of carbonyl (C=O) groups excluding carboxylic acids is 9. The van der Waals surface area contributed by atoms with Crippen LogP contribution in [-0.4, -0.2) is 127 Å². The second-order valence-corrected chi connectivity index (χ2v) is 19.9. The summed E-state index contributed by atoms with van der Waals surface area (Å²) >= 11 is 5.97. The molecule has 4 atom stereocenters. The SMILES string of the molecule is CCO.CSSCC(NC(=O)CCc1ccc(Cl)cc1)C(=O)N[C@@H](Cc1ccccc1)C(=O)NCC(=O)NC(CCCCN)C(=O)NCC(=O)NCC(=O)NC(Cc1ccccc1)C(N)=O.Cc1ccc(C(N)=O)cc1. The monoisotopic (exact) mass is 1110 g/mol. The minimum absolute atomic E-state index is 0.0696. The highest BCUT2D eigenvalue weighted by atomic mass is 35.5. The Bertz CT molecular complexity index is 2440. The number of hydrogen-bond acceptors (Lipinski definition) is 13. The largest absolute Gasteiger partial charge is 0.397 e. The van der Waals surface area contributed by atoms with Crippen molar-refractivity contribution in [3.63, 3.8) is 0 Å². The highest BCUT2D eigenvalue weighted by Gasteiger charge is 2.28. The van der Waals surface area contributed by atoms with Gasteiger partial charge in [0.15, 0.2) is 0 Å². The van der Waals surface area contributed by atoms with Gasteiger partial charge in [-0.05, 0) is 93.3 Å². The van der Waals surface area contributed by atoms with Crippen LogP contribution in [0.25, 0.3) is 0 Å².